The zero-order valence-electron chi connectivity index (χ0n) is 9.29. The van der Waals surface area contributed by atoms with Crippen LogP contribution in [-0.4, -0.2) is 29.4 Å². The van der Waals surface area contributed by atoms with Gasteiger partial charge in [0.15, 0.2) is 0 Å². The Bertz CT molecular complexity index is 319. The predicted molar refractivity (Wildman–Crippen MR) is 57.8 cm³/mol. The van der Waals surface area contributed by atoms with Gasteiger partial charge in [-0.1, -0.05) is 0 Å². The minimum absolute atomic E-state index is 0.0481. The first kappa shape index (κ1) is 11.7. The first-order valence-electron chi connectivity index (χ1n) is 5.15. The molecule has 0 saturated carbocycles. The number of likely N-dealkylation sites (tertiary alicyclic amines) is 1. The summed E-state index contributed by atoms with van der Waals surface area (Å²) in [6.45, 7) is 6.03. The Hall–Kier alpha value is -1.34. The van der Waals surface area contributed by atoms with E-state index in [0.717, 1.165) is 13.1 Å². The van der Waals surface area contributed by atoms with Crippen LogP contribution < -0.4 is 5.73 Å². The minimum Gasteiger partial charge on any atom is -0.365 e. The highest BCUT2D eigenvalue weighted by Crippen LogP contribution is 2.23. The Morgan fingerprint density at radius 2 is 2.00 bits per heavy atom. The Kier molecular flexibility index (Phi) is 3.48. The molecule has 0 atom stereocenters. The second kappa shape index (κ2) is 4.45. The molecule has 0 aromatic heterocycles. The Morgan fingerprint density at radius 3 is 2.40 bits per heavy atom. The molecule has 0 aliphatic carbocycles. The molecule has 1 heterocycles. The smallest absolute Gasteiger partial charge is 0.259 e. The number of rotatable bonds is 3. The molecule has 1 amide bonds. The normalized spacial score (nSPS) is 18.9. The van der Waals surface area contributed by atoms with Crippen LogP contribution in [0.25, 0.3) is 0 Å². The SMILES string of the molecule is CC(C)(C=C(C#N)C(N)=O)N1CCCC1. The van der Waals surface area contributed by atoms with Crippen molar-refractivity contribution < 1.29 is 4.79 Å². The first-order chi connectivity index (χ1) is 6.97. The standard InChI is InChI=1S/C11H17N3O/c1-11(2,14-5-3-4-6-14)7-9(8-12)10(13)15/h7H,3-6H2,1-2H3,(H2,13,15). The van der Waals surface area contributed by atoms with Gasteiger partial charge in [-0.05, 0) is 45.9 Å². The van der Waals surface area contributed by atoms with E-state index in [-0.39, 0.29) is 11.1 Å². The summed E-state index contributed by atoms with van der Waals surface area (Å²) in [6.07, 6.45) is 4.02. The lowest BCUT2D eigenvalue weighted by molar-refractivity contribution is -0.114. The second-order valence-electron chi connectivity index (χ2n) is 4.38. The third-order valence-electron chi connectivity index (χ3n) is 2.80. The highest BCUT2D eigenvalue weighted by Gasteiger charge is 2.28. The summed E-state index contributed by atoms with van der Waals surface area (Å²) < 4.78 is 0. The summed E-state index contributed by atoms with van der Waals surface area (Å²) in [7, 11) is 0. The molecule has 1 aliphatic rings. The maximum absolute atomic E-state index is 10.9. The molecule has 82 valence electrons. The molecule has 0 radical (unpaired) electrons. The lowest BCUT2D eigenvalue weighted by Gasteiger charge is -2.32. The molecular formula is C11H17N3O. The van der Waals surface area contributed by atoms with Crippen molar-refractivity contribution in [1.82, 2.24) is 4.90 Å². The fourth-order valence-electron chi connectivity index (χ4n) is 1.90. The van der Waals surface area contributed by atoms with Crippen molar-refractivity contribution in [2.75, 3.05) is 13.1 Å². The lowest BCUT2D eigenvalue weighted by atomic mass is 9.99. The van der Waals surface area contributed by atoms with Gasteiger partial charge in [0, 0.05) is 5.54 Å². The molecule has 1 rings (SSSR count). The minimum atomic E-state index is -0.648. The Morgan fingerprint density at radius 1 is 1.47 bits per heavy atom. The Balaban J connectivity index is 2.85. The molecule has 0 spiro atoms. The number of primary amides is 1. The van der Waals surface area contributed by atoms with Crippen LogP contribution >= 0.6 is 0 Å². The van der Waals surface area contributed by atoms with E-state index < -0.39 is 5.91 Å². The molecule has 4 nitrogen and oxygen atoms in total. The predicted octanol–water partition coefficient (Wildman–Crippen LogP) is 0.796. The highest BCUT2D eigenvalue weighted by atomic mass is 16.1. The van der Waals surface area contributed by atoms with Gasteiger partial charge >= 0.3 is 0 Å². The van der Waals surface area contributed by atoms with E-state index in [2.05, 4.69) is 4.90 Å². The highest BCUT2D eigenvalue weighted by molar-refractivity contribution is 5.96. The van der Waals surface area contributed by atoms with Crippen molar-refractivity contribution in [3.8, 4) is 6.07 Å². The van der Waals surface area contributed by atoms with E-state index in [1.54, 1.807) is 6.08 Å². The molecule has 1 saturated heterocycles. The van der Waals surface area contributed by atoms with Crippen LogP contribution in [0, 0.1) is 11.3 Å². The Labute approximate surface area is 90.3 Å². The first-order valence-corrected chi connectivity index (χ1v) is 5.15. The van der Waals surface area contributed by atoms with Crippen LogP contribution in [0.15, 0.2) is 11.6 Å². The van der Waals surface area contributed by atoms with Crippen molar-refractivity contribution in [3.05, 3.63) is 11.6 Å². The van der Waals surface area contributed by atoms with Crippen LogP contribution in [0.4, 0.5) is 0 Å². The van der Waals surface area contributed by atoms with E-state index in [9.17, 15) is 4.79 Å². The maximum atomic E-state index is 10.9. The number of carbonyl (C=O) groups excluding carboxylic acids is 1. The van der Waals surface area contributed by atoms with Crippen molar-refractivity contribution in [2.45, 2.75) is 32.2 Å². The van der Waals surface area contributed by atoms with Gasteiger partial charge in [-0.25, -0.2) is 0 Å². The summed E-state index contributed by atoms with van der Waals surface area (Å²) in [5.41, 5.74) is 4.89. The lowest BCUT2D eigenvalue weighted by Crippen LogP contribution is -2.40. The molecule has 2 N–H and O–H groups in total. The fraction of sp³-hybridized carbons (Fsp3) is 0.636. The number of nitriles is 1. The number of amides is 1. The molecule has 15 heavy (non-hydrogen) atoms. The van der Waals surface area contributed by atoms with Crippen molar-refractivity contribution >= 4 is 5.91 Å². The third kappa shape index (κ3) is 2.80. The summed E-state index contributed by atoms with van der Waals surface area (Å²) in [5, 5.41) is 8.76. The molecular weight excluding hydrogens is 190 g/mol. The largest absolute Gasteiger partial charge is 0.365 e. The van der Waals surface area contributed by atoms with Gasteiger partial charge in [-0.15, -0.1) is 0 Å². The molecule has 0 bridgehead atoms. The monoisotopic (exact) mass is 207 g/mol. The van der Waals surface area contributed by atoms with Crippen molar-refractivity contribution in [1.29, 1.82) is 5.26 Å². The third-order valence-corrected chi connectivity index (χ3v) is 2.80. The van der Waals surface area contributed by atoms with Crippen LogP contribution in [0.2, 0.25) is 0 Å². The average Bonchev–Trinajstić information content (AvgIpc) is 2.67. The van der Waals surface area contributed by atoms with Crippen molar-refractivity contribution in [3.63, 3.8) is 0 Å². The van der Waals surface area contributed by atoms with Crippen LogP contribution in [0.3, 0.4) is 0 Å². The van der Waals surface area contributed by atoms with Crippen LogP contribution in [0.5, 0.6) is 0 Å². The van der Waals surface area contributed by atoms with Gasteiger partial charge in [0.1, 0.15) is 11.6 Å². The molecule has 1 fully saturated rings. The van der Waals surface area contributed by atoms with Crippen molar-refractivity contribution in [2.24, 2.45) is 5.73 Å². The van der Waals surface area contributed by atoms with E-state index in [1.165, 1.54) is 12.8 Å². The van der Waals surface area contributed by atoms with Gasteiger partial charge in [0.25, 0.3) is 5.91 Å². The summed E-state index contributed by atoms with van der Waals surface area (Å²) in [6, 6.07) is 1.84. The second-order valence-corrected chi connectivity index (χ2v) is 4.38. The van der Waals surface area contributed by atoms with Crippen LogP contribution in [-0.2, 0) is 4.79 Å². The number of nitrogens with two attached hydrogens (primary N) is 1. The van der Waals surface area contributed by atoms with Gasteiger partial charge in [-0.3, -0.25) is 9.69 Å². The zero-order valence-corrected chi connectivity index (χ0v) is 9.29. The van der Waals surface area contributed by atoms with E-state index in [4.69, 9.17) is 11.0 Å². The number of hydrogen-bond donors (Lipinski definition) is 1. The molecule has 0 unspecified atom stereocenters. The molecule has 4 heteroatoms. The number of hydrogen-bond acceptors (Lipinski definition) is 3. The number of nitrogens with zero attached hydrogens (tertiary/aromatic N) is 2. The van der Waals surface area contributed by atoms with Gasteiger partial charge in [0.05, 0.1) is 0 Å². The topological polar surface area (TPSA) is 70.1 Å². The summed E-state index contributed by atoms with van der Waals surface area (Å²) >= 11 is 0. The zero-order chi connectivity index (χ0) is 11.5. The summed E-state index contributed by atoms with van der Waals surface area (Å²) in [5.74, 6) is -0.648. The average molecular weight is 207 g/mol. The summed E-state index contributed by atoms with van der Waals surface area (Å²) in [4.78, 5) is 13.2. The maximum Gasteiger partial charge on any atom is 0.259 e. The van der Waals surface area contributed by atoms with Gasteiger partial charge in [0.2, 0.25) is 0 Å². The molecule has 0 aromatic carbocycles. The quantitative estimate of drug-likeness (QED) is 0.549. The van der Waals surface area contributed by atoms with E-state index in [1.807, 2.05) is 19.9 Å². The molecule has 0 aromatic rings. The molecule has 1 aliphatic heterocycles. The van der Waals surface area contributed by atoms with Crippen LogP contribution in [0.1, 0.15) is 26.7 Å². The van der Waals surface area contributed by atoms with Gasteiger partial charge in [-0.2, -0.15) is 5.26 Å². The van der Waals surface area contributed by atoms with E-state index >= 15 is 0 Å². The van der Waals surface area contributed by atoms with E-state index in [0.29, 0.717) is 0 Å². The number of carbonyl (C=O) groups is 1. The fourth-order valence-corrected chi connectivity index (χ4v) is 1.90. The van der Waals surface area contributed by atoms with Gasteiger partial charge < -0.3 is 5.73 Å².